The van der Waals surface area contributed by atoms with Crippen molar-refractivity contribution in [3.05, 3.63) is 34.2 Å². The Hall–Kier alpha value is -1.62. The van der Waals surface area contributed by atoms with Crippen LogP contribution >= 0.6 is 0 Å². The number of hydrogen-bond acceptors (Lipinski definition) is 4. The molecule has 1 rings (SSSR count). The minimum absolute atomic E-state index is 0.00144. The number of rotatable bonds is 5. The molecule has 0 aromatic carbocycles. The fourth-order valence-electron chi connectivity index (χ4n) is 1.72. The molecule has 0 spiro atoms. The molecule has 1 aromatic rings. The van der Waals surface area contributed by atoms with Crippen molar-refractivity contribution in [3.8, 4) is 0 Å². The molecule has 5 heteroatoms. The first-order valence-corrected chi connectivity index (χ1v) is 6.01. The van der Waals surface area contributed by atoms with Gasteiger partial charge >= 0.3 is 5.97 Å². The molecule has 0 aliphatic rings. The molecule has 100 valence electrons. The number of hydrogen-bond donors (Lipinski definition) is 1. The quantitative estimate of drug-likeness (QED) is 0.801. The summed E-state index contributed by atoms with van der Waals surface area (Å²) in [4.78, 5) is 23.2. The molecule has 1 aromatic heterocycles. The lowest BCUT2D eigenvalue weighted by molar-refractivity contribution is 0.0523. The zero-order chi connectivity index (χ0) is 13.7. The second kappa shape index (κ2) is 6.35. The van der Waals surface area contributed by atoms with E-state index in [2.05, 4.69) is 0 Å². The second-order valence-electron chi connectivity index (χ2n) is 4.38. The maximum atomic E-state index is 11.6. The van der Waals surface area contributed by atoms with Crippen molar-refractivity contribution in [3.63, 3.8) is 0 Å². The van der Waals surface area contributed by atoms with Crippen molar-refractivity contribution < 1.29 is 14.6 Å². The zero-order valence-electron chi connectivity index (χ0n) is 10.9. The summed E-state index contributed by atoms with van der Waals surface area (Å²) in [7, 11) is 0. The van der Waals surface area contributed by atoms with E-state index in [4.69, 9.17) is 4.74 Å². The van der Waals surface area contributed by atoms with Crippen molar-refractivity contribution in [2.24, 2.45) is 5.92 Å². The van der Waals surface area contributed by atoms with Crippen molar-refractivity contribution in [2.75, 3.05) is 13.2 Å². The van der Waals surface area contributed by atoms with Gasteiger partial charge in [-0.25, -0.2) is 4.79 Å². The van der Waals surface area contributed by atoms with Crippen LogP contribution in [0.3, 0.4) is 0 Å². The molecule has 0 fully saturated rings. The largest absolute Gasteiger partial charge is 0.462 e. The lowest BCUT2D eigenvalue weighted by Gasteiger charge is -2.22. The van der Waals surface area contributed by atoms with Gasteiger partial charge < -0.3 is 14.4 Å². The molecule has 1 N–H and O–H groups in total. The Kier molecular flexibility index (Phi) is 5.09. The van der Waals surface area contributed by atoms with Crippen LogP contribution < -0.4 is 5.43 Å². The summed E-state index contributed by atoms with van der Waals surface area (Å²) in [6.07, 6.45) is 3.02. The molecule has 0 aliphatic heterocycles. The fraction of sp³-hybridized carbons (Fsp3) is 0.538. The van der Waals surface area contributed by atoms with Gasteiger partial charge in [0, 0.05) is 18.5 Å². The molecule has 1 atom stereocenters. The summed E-state index contributed by atoms with van der Waals surface area (Å²) in [6.45, 7) is 5.78. The SMILES string of the molecule is CCOC(=O)c1cn(C(CO)C(C)C)ccc1=O. The number of carbonyl (C=O) groups excluding carboxylic acids is 1. The van der Waals surface area contributed by atoms with Gasteiger partial charge in [0.25, 0.3) is 0 Å². The predicted molar refractivity (Wildman–Crippen MR) is 67.6 cm³/mol. The lowest BCUT2D eigenvalue weighted by Crippen LogP contribution is -2.24. The van der Waals surface area contributed by atoms with Crippen LogP contribution in [0.15, 0.2) is 23.3 Å². The van der Waals surface area contributed by atoms with E-state index in [1.807, 2.05) is 13.8 Å². The highest BCUT2D eigenvalue weighted by Gasteiger charge is 2.17. The topological polar surface area (TPSA) is 68.5 Å². The van der Waals surface area contributed by atoms with Crippen LogP contribution in [0.2, 0.25) is 0 Å². The van der Waals surface area contributed by atoms with Gasteiger partial charge in [-0.05, 0) is 12.8 Å². The standard InChI is InChI=1S/C13H19NO4/c1-4-18-13(17)10-7-14(6-5-12(10)16)11(8-15)9(2)3/h5-7,9,11,15H,4,8H2,1-3H3. The van der Waals surface area contributed by atoms with Gasteiger partial charge in [-0.3, -0.25) is 4.79 Å². The van der Waals surface area contributed by atoms with Crippen LogP contribution in [0.25, 0.3) is 0 Å². The molecule has 1 unspecified atom stereocenters. The fourth-order valence-corrected chi connectivity index (χ4v) is 1.72. The Labute approximate surface area is 106 Å². The van der Waals surface area contributed by atoms with Gasteiger partial charge in [-0.2, -0.15) is 0 Å². The Bertz CT molecular complexity index is 464. The highest BCUT2D eigenvalue weighted by Crippen LogP contribution is 2.16. The minimum atomic E-state index is -0.628. The summed E-state index contributed by atoms with van der Waals surface area (Å²) in [5.74, 6) is -0.440. The highest BCUT2D eigenvalue weighted by atomic mass is 16.5. The minimum Gasteiger partial charge on any atom is -0.462 e. The number of aliphatic hydroxyl groups excluding tert-OH is 1. The molecule has 0 aliphatic carbocycles. The average molecular weight is 253 g/mol. The second-order valence-corrected chi connectivity index (χ2v) is 4.38. The van der Waals surface area contributed by atoms with E-state index >= 15 is 0 Å². The van der Waals surface area contributed by atoms with Crippen molar-refractivity contribution >= 4 is 5.97 Å². The van der Waals surface area contributed by atoms with Crippen LogP contribution in [-0.2, 0) is 4.74 Å². The molecule has 0 amide bonds. The van der Waals surface area contributed by atoms with Gasteiger partial charge in [0.05, 0.1) is 19.3 Å². The van der Waals surface area contributed by atoms with Crippen molar-refractivity contribution in [1.82, 2.24) is 4.57 Å². The van der Waals surface area contributed by atoms with E-state index < -0.39 is 5.97 Å². The maximum Gasteiger partial charge on any atom is 0.343 e. The van der Waals surface area contributed by atoms with Crippen LogP contribution in [0.4, 0.5) is 0 Å². The number of pyridine rings is 1. The van der Waals surface area contributed by atoms with Crippen LogP contribution in [0, 0.1) is 5.92 Å². The Balaban J connectivity index is 3.14. The number of aromatic nitrogens is 1. The summed E-state index contributed by atoms with van der Waals surface area (Å²) >= 11 is 0. The molecule has 0 saturated carbocycles. The zero-order valence-corrected chi connectivity index (χ0v) is 10.9. The third kappa shape index (κ3) is 3.20. The van der Waals surface area contributed by atoms with E-state index in [-0.39, 0.29) is 36.2 Å². The third-order valence-corrected chi connectivity index (χ3v) is 2.78. The Morgan fingerprint density at radius 3 is 2.67 bits per heavy atom. The van der Waals surface area contributed by atoms with Crippen LogP contribution in [0.1, 0.15) is 37.2 Å². The molecular formula is C13H19NO4. The first-order chi connectivity index (χ1) is 8.51. The lowest BCUT2D eigenvalue weighted by atomic mass is 10.0. The number of carbonyl (C=O) groups is 1. The number of ether oxygens (including phenoxy) is 1. The smallest absolute Gasteiger partial charge is 0.343 e. The monoisotopic (exact) mass is 253 g/mol. The molecule has 1 heterocycles. The van der Waals surface area contributed by atoms with E-state index in [0.717, 1.165) is 0 Å². The summed E-state index contributed by atoms with van der Waals surface area (Å²) < 4.78 is 6.50. The summed E-state index contributed by atoms with van der Waals surface area (Å²) in [5, 5.41) is 9.34. The highest BCUT2D eigenvalue weighted by molar-refractivity contribution is 5.88. The normalized spacial score (nSPS) is 12.5. The first kappa shape index (κ1) is 14.4. The Morgan fingerprint density at radius 1 is 1.50 bits per heavy atom. The first-order valence-electron chi connectivity index (χ1n) is 6.01. The van der Waals surface area contributed by atoms with E-state index in [1.54, 1.807) is 17.7 Å². The third-order valence-electron chi connectivity index (χ3n) is 2.78. The predicted octanol–water partition coefficient (Wildman–Crippen LogP) is 1.21. The molecule has 0 bridgehead atoms. The van der Waals surface area contributed by atoms with Crippen molar-refractivity contribution in [2.45, 2.75) is 26.8 Å². The van der Waals surface area contributed by atoms with Crippen LogP contribution in [-0.4, -0.2) is 28.9 Å². The molecular weight excluding hydrogens is 234 g/mol. The van der Waals surface area contributed by atoms with Gasteiger partial charge in [-0.1, -0.05) is 13.8 Å². The van der Waals surface area contributed by atoms with Gasteiger partial charge in [0.15, 0.2) is 5.43 Å². The number of aliphatic hydroxyl groups is 1. The maximum absolute atomic E-state index is 11.6. The van der Waals surface area contributed by atoms with E-state index in [9.17, 15) is 14.7 Å². The number of nitrogens with zero attached hydrogens (tertiary/aromatic N) is 1. The molecule has 5 nitrogen and oxygen atoms in total. The number of esters is 1. The van der Waals surface area contributed by atoms with E-state index in [0.29, 0.717) is 0 Å². The summed E-state index contributed by atoms with van der Waals surface area (Å²) in [5.41, 5.74) is -0.372. The van der Waals surface area contributed by atoms with Gasteiger partial charge in [-0.15, -0.1) is 0 Å². The average Bonchev–Trinajstić information content (AvgIpc) is 2.31. The van der Waals surface area contributed by atoms with E-state index in [1.165, 1.54) is 12.3 Å². The molecule has 18 heavy (non-hydrogen) atoms. The molecule has 0 radical (unpaired) electrons. The summed E-state index contributed by atoms with van der Waals surface area (Å²) in [6, 6.07) is 1.15. The van der Waals surface area contributed by atoms with Crippen molar-refractivity contribution in [1.29, 1.82) is 0 Å². The van der Waals surface area contributed by atoms with Crippen LogP contribution in [0.5, 0.6) is 0 Å². The molecule has 0 saturated heterocycles. The van der Waals surface area contributed by atoms with Gasteiger partial charge in [0.2, 0.25) is 0 Å². The Morgan fingerprint density at radius 2 is 2.17 bits per heavy atom. The van der Waals surface area contributed by atoms with Gasteiger partial charge in [0.1, 0.15) is 5.56 Å².